The van der Waals surface area contributed by atoms with Gasteiger partial charge in [-0.05, 0) is 17.7 Å². The van der Waals surface area contributed by atoms with Crippen molar-refractivity contribution in [2.45, 2.75) is 6.54 Å². The third kappa shape index (κ3) is 4.46. The lowest BCUT2D eigenvalue weighted by atomic mass is 10.2. The first-order valence-corrected chi connectivity index (χ1v) is 8.22. The Balaban J connectivity index is 1.62. The number of aromatic amines is 1. The molecule has 0 radical (unpaired) electrons. The Kier molecular flexibility index (Phi) is 5.95. The number of methoxy groups -OCH3 is 1. The molecular weight excluding hydrogens is 332 g/mol. The minimum Gasteiger partial charge on any atom is -0.475 e. The Morgan fingerprint density at radius 1 is 1.12 bits per heavy atom. The van der Waals surface area contributed by atoms with Gasteiger partial charge in [-0.1, -0.05) is 30.3 Å². The Morgan fingerprint density at radius 2 is 1.96 bits per heavy atom. The van der Waals surface area contributed by atoms with Crippen LogP contribution in [0.25, 0.3) is 11.3 Å². The molecule has 0 aliphatic rings. The van der Waals surface area contributed by atoms with E-state index in [0.717, 1.165) is 11.3 Å². The summed E-state index contributed by atoms with van der Waals surface area (Å²) in [6.45, 7) is 1.02. The second kappa shape index (κ2) is 8.77. The van der Waals surface area contributed by atoms with Crippen molar-refractivity contribution < 1.29 is 14.3 Å². The molecule has 2 N–H and O–H groups in total. The average molecular weight is 352 g/mol. The van der Waals surface area contributed by atoms with Gasteiger partial charge in [0.25, 0.3) is 5.91 Å². The highest BCUT2D eigenvalue weighted by Crippen LogP contribution is 2.17. The van der Waals surface area contributed by atoms with Crippen molar-refractivity contribution in [2.24, 2.45) is 0 Å². The first-order valence-electron chi connectivity index (χ1n) is 8.22. The minimum atomic E-state index is -0.275. The topological polar surface area (TPSA) is 89.1 Å². The maximum atomic E-state index is 12.4. The lowest BCUT2D eigenvalue weighted by Gasteiger charge is -2.09. The van der Waals surface area contributed by atoms with Crippen LogP contribution in [0.2, 0.25) is 0 Å². The number of rotatable bonds is 8. The largest absolute Gasteiger partial charge is 0.475 e. The average Bonchev–Trinajstić information content (AvgIpc) is 3.16. The Labute approximate surface area is 151 Å². The van der Waals surface area contributed by atoms with Crippen molar-refractivity contribution in [3.8, 4) is 17.1 Å². The fourth-order valence-corrected chi connectivity index (χ4v) is 2.38. The predicted octanol–water partition coefficient (Wildman–Crippen LogP) is 2.43. The number of nitrogens with zero attached hydrogens (tertiary/aromatic N) is 2. The molecule has 1 aromatic carbocycles. The number of imidazole rings is 1. The van der Waals surface area contributed by atoms with Crippen LogP contribution in [0, 0.1) is 0 Å². The van der Waals surface area contributed by atoms with Gasteiger partial charge in [-0.15, -0.1) is 0 Å². The third-order valence-electron chi connectivity index (χ3n) is 3.67. The van der Waals surface area contributed by atoms with Crippen molar-refractivity contribution in [1.82, 2.24) is 20.3 Å². The lowest BCUT2D eigenvalue weighted by Crippen LogP contribution is -2.24. The fourth-order valence-electron chi connectivity index (χ4n) is 2.38. The third-order valence-corrected chi connectivity index (χ3v) is 3.67. The monoisotopic (exact) mass is 352 g/mol. The normalized spacial score (nSPS) is 10.5. The molecule has 2 heterocycles. The molecular formula is C19H20N4O3. The second-order valence-corrected chi connectivity index (χ2v) is 5.49. The summed E-state index contributed by atoms with van der Waals surface area (Å²) < 4.78 is 10.4. The zero-order valence-electron chi connectivity index (χ0n) is 14.4. The van der Waals surface area contributed by atoms with Crippen LogP contribution in [-0.4, -0.2) is 41.2 Å². The highest BCUT2D eigenvalue weighted by molar-refractivity contribution is 5.96. The Hall–Kier alpha value is -3.19. The van der Waals surface area contributed by atoms with Crippen LogP contribution >= 0.6 is 0 Å². The van der Waals surface area contributed by atoms with Crippen molar-refractivity contribution in [1.29, 1.82) is 0 Å². The van der Waals surface area contributed by atoms with Crippen molar-refractivity contribution >= 4 is 5.91 Å². The predicted molar refractivity (Wildman–Crippen MR) is 96.8 cm³/mol. The summed E-state index contributed by atoms with van der Waals surface area (Å²) in [7, 11) is 1.59. The number of H-pyrrole nitrogens is 1. The number of carbonyl (C=O) groups excluding carboxylic acids is 1. The summed E-state index contributed by atoms with van der Waals surface area (Å²) in [6.07, 6.45) is 3.33. The van der Waals surface area contributed by atoms with Crippen molar-refractivity contribution in [3.05, 3.63) is 66.2 Å². The summed E-state index contributed by atoms with van der Waals surface area (Å²) in [6, 6.07) is 13.2. The number of pyridine rings is 1. The summed E-state index contributed by atoms with van der Waals surface area (Å²) in [5.74, 6) is 0.678. The molecule has 1 amide bonds. The first-order chi connectivity index (χ1) is 12.8. The van der Waals surface area contributed by atoms with Crippen LogP contribution in [0.4, 0.5) is 0 Å². The molecule has 3 aromatic rings. The molecule has 0 saturated carbocycles. The summed E-state index contributed by atoms with van der Waals surface area (Å²) in [5, 5.41) is 2.83. The molecule has 26 heavy (non-hydrogen) atoms. The van der Waals surface area contributed by atoms with Gasteiger partial charge < -0.3 is 19.8 Å². The number of carbonyl (C=O) groups is 1. The van der Waals surface area contributed by atoms with Gasteiger partial charge in [0.1, 0.15) is 18.0 Å². The molecule has 0 aliphatic heterocycles. The van der Waals surface area contributed by atoms with E-state index in [4.69, 9.17) is 9.47 Å². The summed E-state index contributed by atoms with van der Waals surface area (Å²) in [5.41, 5.74) is 2.32. The van der Waals surface area contributed by atoms with E-state index in [1.165, 1.54) is 0 Å². The van der Waals surface area contributed by atoms with Crippen molar-refractivity contribution in [2.75, 3.05) is 20.3 Å². The summed E-state index contributed by atoms with van der Waals surface area (Å²) in [4.78, 5) is 24.1. The molecule has 2 aromatic heterocycles. The molecule has 0 spiro atoms. The van der Waals surface area contributed by atoms with E-state index in [-0.39, 0.29) is 18.3 Å². The van der Waals surface area contributed by atoms with Gasteiger partial charge in [-0.3, -0.25) is 4.79 Å². The molecule has 0 bridgehead atoms. The number of nitrogens with one attached hydrogen (secondary N) is 2. The number of benzene rings is 1. The number of aromatic nitrogens is 3. The first kappa shape index (κ1) is 17.6. The Morgan fingerprint density at radius 3 is 2.77 bits per heavy atom. The molecule has 3 rings (SSSR count). The van der Waals surface area contributed by atoms with Crippen LogP contribution in [0.5, 0.6) is 5.88 Å². The molecule has 0 unspecified atom stereocenters. The van der Waals surface area contributed by atoms with Gasteiger partial charge in [0.05, 0.1) is 25.0 Å². The number of ether oxygens (including phenoxy) is 2. The highest BCUT2D eigenvalue weighted by atomic mass is 16.5. The zero-order chi connectivity index (χ0) is 18.2. The highest BCUT2D eigenvalue weighted by Gasteiger charge is 2.14. The van der Waals surface area contributed by atoms with Gasteiger partial charge in [0, 0.05) is 13.3 Å². The van der Waals surface area contributed by atoms with E-state index in [0.29, 0.717) is 24.6 Å². The fraction of sp³-hybridized carbons (Fsp3) is 0.211. The van der Waals surface area contributed by atoms with Gasteiger partial charge >= 0.3 is 0 Å². The van der Waals surface area contributed by atoms with Gasteiger partial charge in [-0.25, -0.2) is 9.97 Å². The van der Waals surface area contributed by atoms with E-state index >= 15 is 0 Å². The number of hydrogen-bond acceptors (Lipinski definition) is 5. The van der Waals surface area contributed by atoms with E-state index < -0.39 is 0 Å². The van der Waals surface area contributed by atoms with Gasteiger partial charge in [-0.2, -0.15) is 0 Å². The molecule has 134 valence electrons. The SMILES string of the molecule is COCCOc1ncccc1C(=O)NCc1ncc(-c2ccccc2)[nH]1. The maximum absolute atomic E-state index is 12.4. The molecule has 7 heteroatoms. The van der Waals surface area contributed by atoms with E-state index in [1.54, 1.807) is 31.6 Å². The van der Waals surface area contributed by atoms with Gasteiger partial charge in [0.2, 0.25) is 5.88 Å². The maximum Gasteiger partial charge on any atom is 0.257 e. The van der Waals surface area contributed by atoms with Crippen molar-refractivity contribution in [3.63, 3.8) is 0 Å². The molecule has 0 fully saturated rings. The Bertz CT molecular complexity index is 849. The number of amides is 1. The minimum absolute atomic E-state index is 0.275. The van der Waals surface area contributed by atoms with Gasteiger partial charge in [0.15, 0.2) is 0 Å². The standard InChI is InChI=1S/C19H20N4O3/c1-25-10-11-26-19-15(8-5-9-20-19)18(24)22-13-17-21-12-16(23-17)14-6-3-2-4-7-14/h2-9,12H,10-11,13H2,1H3,(H,21,23)(H,22,24). The lowest BCUT2D eigenvalue weighted by molar-refractivity contribution is 0.0940. The van der Waals surface area contributed by atoms with Crippen LogP contribution in [0.15, 0.2) is 54.9 Å². The van der Waals surface area contributed by atoms with Crippen LogP contribution < -0.4 is 10.1 Å². The second-order valence-electron chi connectivity index (χ2n) is 5.49. The molecule has 0 saturated heterocycles. The molecule has 0 aliphatic carbocycles. The molecule has 7 nitrogen and oxygen atoms in total. The van der Waals surface area contributed by atoms with Crippen LogP contribution in [0.1, 0.15) is 16.2 Å². The summed E-state index contributed by atoms with van der Waals surface area (Å²) >= 11 is 0. The van der Waals surface area contributed by atoms with Crippen LogP contribution in [0.3, 0.4) is 0 Å². The zero-order valence-corrected chi connectivity index (χ0v) is 14.4. The van der Waals surface area contributed by atoms with E-state index in [2.05, 4.69) is 20.3 Å². The van der Waals surface area contributed by atoms with Crippen LogP contribution in [-0.2, 0) is 11.3 Å². The van der Waals surface area contributed by atoms with E-state index in [1.807, 2.05) is 30.3 Å². The van der Waals surface area contributed by atoms with E-state index in [9.17, 15) is 4.79 Å². The smallest absolute Gasteiger partial charge is 0.257 e. The molecule has 0 atom stereocenters. The number of hydrogen-bond donors (Lipinski definition) is 2. The quantitative estimate of drug-likeness (QED) is 0.608.